The number of rotatable bonds is 4. The first-order chi connectivity index (χ1) is 9.15. The molecule has 1 aromatic carbocycles. The van der Waals surface area contributed by atoms with Gasteiger partial charge in [0.25, 0.3) is 0 Å². The van der Waals surface area contributed by atoms with Gasteiger partial charge in [0.15, 0.2) is 11.5 Å². The smallest absolute Gasteiger partial charge is 0.165 e. The molecular formula is C16H25NO2. The van der Waals surface area contributed by atoms with Crippen LogP contribution in [0.3, 0.4) is 0 Å². The maximum atomic E-state index is 5.92. The Morgan fingerprint density at radius 2 is 2.21 bits per heavy atom. The van der Waals surface area contributed by atoms with Gasteiger partial charge in [0.1, 0.15) is 0 Å². The molecule has 0 saturated carbocycles. The molecule has 2 rings (SSSR count). The van der Waals surface area contributed by atoms with Gasteiger partial charge >= 0.3 is 0 Å². The average molecular weight is 263 g/mol. The number of ether oxygens (including phenoxy) is 2. The highest BCUT2D eigenvalue weighted by Gasteiger charge is 2.23. The van der Waals surface area contributed by atoms with Gasteiger partial charge in [-0.2, -0.15) is 0 Å². The molecule has 0 radical (unpaired) electrons. The largest absolute Gasteiger partial charge is 0.493 e. The molecule has 1 aliphatic heterocycles. The quantitative estimate of drug-likeness (QED) is 0.902. The first-order valence-electron chi connectivity index (χ1n) is 7.25. The summed E-state index contributed by atoms with van der Waals surface area (Å²) in [4.78, 5) is 0. The third-order valence-corrected chi connectivity index (χ3v) is 3.56. The highest BCUT2D eigenvalue weighted by atomic mass is 16.5. The van der Waals surface area contributed by atoms with Crippen molar-refractivity contribution in [3.8, 4) is 11.5 Å². The number of aryl methyl sites for hydroxylation is 1. The number of fused-ring (bicyclic) bond motifs is 1. The molecule has 0 amide bonds. The summed E-state index contributed by atoms with van der Waals surface area (Å²) < 4.78 is 11.4. The fraction of sp³-hybridized carbons (Fsp3) is 0.625. The van der Waals surface area contributed by atoms with E-state index < -0.39 is 0 Å². The van der Waals surface area contributed by atoms with Crippen molar-refractivity contribution in [2.75, 3.05) is 13.7 Å². The maximum absolute atomic E-state index is 5.92. The lowest BCUT2D eigenvalue weighted by Gasteiger charge is -2.22. The molecule has 1 N–H and O–H groups in total. The third kappa shape index (κ3) is 3.21. The van der Waals surface area contributed by atoms with Gasteiger partial charge in [-0.25, -0.2) is 0 Å². The minimum absolute atomic E-state index is 0.359. The zero-order valence-electron chi connectivity index (χ0n) is 12.5. The monoisotopic (exact) mass is 263 g/mol. The van der Waals surface area contributed by atoms with Gasteiger partial charge in [0.05, 0.1) is 13.7 Å². The third-order valence-electron chi connectivity index (χ3n) is 3.56. The van der Waals surface area contributed by atoms with E-state index in [0.29, 0.717) is 12.1 Å². The van der Waals surface area contributed by atoms with Gasteiger partial charge in [-0.05, 0) is 30.9 Å². The van der Waals surface area contributed by atoms with E-state index in [-0.39, 0.29) is 0 Å². The van der Waals surface area contributed by atoms with Crippen LogP contribution in [-0.4, -0.2) is 19.8 Å². The second-order valence-corrected chi connectivity index (χ2v) is 5.43. The van der Waals surface area contributed by atoms with Crippen LogP contribution in [0.15, 0.2) is 12.1 Å². The van der Waals surface area contributed by atoms with Gasteiger partial charge in [0, 0.05) is 17.6 Å². The van der Waals surface area contributed by atoms with Crippen molar-refractivity contribution < 1.29 is 9.47 Å². The van der Waals surface area contributed by atoms with Crippen molar-refractivity contribution in [2.24, 2.45) is 0 Å². The lowest BCUT2D eigenvalue weighted by molar-refractivity contribution is 0.293. The van der Waals surface area contributed by atoms with Crippen LogP contribution in [0, 0.1) is 0 Å². The Labute approximate surface area is 116 Å². The van der Waals surface area contributed by atoms with Crippen LogP contribution in [0.4, 0.5) is 0 Å². The molecule has 0 bridgehead atoms. The summed E-state index contributed by atoms with van der Waals surface area (Å²) in [6.07, 6.45) is 3.20. The van der Waals surface area contributed by atoms with E-state index in [9.17, 15) is 0 Å². The Morgan fingerprint density at radius 3 is 2.84 bits per heavy atom. The van der Waals surface area contributed by atoms with Crippen molar-refractivity contribution in [3.05, 3.63) is 23.3 Å². The van der Waals surface area contributed by atoms with Gasteiger partial charge < -0.3 is 14.8 Å². The molecule has 3 nitrogen and oxygen atoms in total. The minimum Gasteiger partial charge on any atom is -0.493 e. The zero-order chi connectivity index (χ0) is 13.8. The fourth-order valence-corrected chi connectivity index (χ4v) is 2.64. The van der Waals surface area contributed by atoms with Crippen molar-refractivity contribution in [3.63, 3.8) is 0 Å². The summed E-state index contributed by atoms with van der Waals surface area (Å²) in [7, 11) is 1.72. The van der Waals surface area contributed by atoms with E-state index >= 15 is 0 Å². The lowest BCUT2D eigenvalue weighted by atomic mass is 9.97. The molecule has 1 aliphatic rings. The van der Waals surface area contributed by atoms with Crippen molar-refractivity contribution in [1.82, 2.24) is 5.32 Å². The van der Waals surface area contributed by atoms with Gasteiger partial charge in [-0.15, -0.1) is 0 Å². The predicted octanol–water partition coefficient (Wildman–Crippen LogP) is 3.47. The second-order valence-electron chi connectivity index (χ2n) is 5.43. The molecule has 1 aromatic rings. The predicted molar refractivity (Wildman–Crippen MR) is 78.1 cm³/mol. The number of hydrogen-bond acceptors (Lipinski definition) is 3. The summed E-state index contributed by atoms with van der Waals surface area (Å²) >= 11 is 0. The Hall–Kier alpha value is -1.22. The van der Waals surface area contributed by atoms with E-state index in [2.05, 4.69) is 38.2 Å². The Balaban J connectivity index is 2.45. The van der Waals surface area contributed by atoms with Crippen LogP contribution in [0.5, 0.6) is 11.5 Å². The fourth-order valence-electron chi connectivity index (χ4n) is 2.64. The number of hydrogen-bond donors (Lipinski definition) is 1. The second kappa shape index (κ2) is 6.29. The molecule has 0 spiro atoms. The molecule has 0 fully saturated rings. The van der Waals surface area contributed by atoms with Crippen molar-refractivity contribution in [2.45, 2.75) is 52.1 Å². The Morgan fingerprint density at radius 1 is 1.42 bits per heavy atom. The van der Waals surface area contributed by atoms with E-state index in [1.165, 1.54) is 11.1 Å². The molecule has 1 atom stereocenters. The van der Waals surface area contributed by atoms with Crippen LogP contribution in [0.25, 0.3) is 0 Å². The Kier molecular flexibility index (Phi) is 4.70. The van der Waals surface area contributed by atoms with E-state index in [0.717, 1.165) is 37.4 Å². The first-order valence-corrected chi connectivity index (χ1v) is 7.25. The summed E-state index contributed by atoms with van der Waals surface area (Å²) in [6.45, 7) is 7.31. The molecule has 0 saturated heterocycles. The van der Waals surface area contributed by atoms with Crippen molar-refractivity contribution >= 4 is 0 Å². The number of methoxy groups -OCH3 is 1. The standard InChI is InChI=1S/C16H25NO2/c1-5-12-9-13-14(17-11(2)3)7-6-8-19-16(13)15(10-12)18-4/h9-11,14,17H,5-8H2,1-4H3. The average Bonchev–Trinajstić information content (AvgIpc) is 2.60. The zero-order valence-corrected chi connectivity index (χ0v) is 12.5. The van der Waals surface area contributed by atoms with Crippen LogP contribution in [0.2, 0.25) is 0 Å². The molecule has 1 heterocycles. The van der Waals surface area contributed by atoms with E-state index in [4.69, 9.17) is 9.47 Å². The molecule has 19 heavy (non-hydrogen) atoms. The SMILES string of the molecule is CCc1cc(OC)c2c(c1)C(NC(C)C)CCCO2. The van der Waals surface area contributed by atoms with E-state index in [1.807, 2.05) is 0 Å². The summed E-state index contributed by atoms with van der Waals surface area (Å²) in [5.41, 5.74) is 2.55. The lowest BCUT2D eigenvalue weighted by Crippen LogP contribution is -2.28. The number of nitrogens with one attached hydrogen (secondary N) is 1. The highest BCUT2D eigenvalue weighted by Crippen LogP contribution is 2.40. The molecule has 106 valence electrons. The van der Waals surface area contributed by atoms with Crippen LogP contribution >= 0.6 is 0 Å². The normalized spacial score (nSPS) is 18.7. The minimum atomic E-state index is 0.359. The topological polar surface area (TPSA) is 30.5 Å². The van der Waals surface area contributed by atoms with Gasteiger partial charge in [0.2, 0.25) is 0 Å². The van der Waals surface area contributed by atoms with E-state index in [1.54, 1.807) is 7.11 Å². The molecule has 0 aromatic heterocycles. The summed E-state index contributed by atoms with van der Waals surface area (Å²) in [6, 6.07) is 5.19. The first kappa shape index (κ1) is 14.2. The van der Waals surface area contributed by atoms with Gasteiger partial charge in [-0.3, -0.25) is 0 Å². The summed E-state index contributed by atoms with van der Waals surface area (Å²) in [5.74, 6) is 1.79. The molecule has 3 heteroatoms. The van der Waals surface area contributed by atoms with Crippen LogP contribution in [-0.2, 0) is 6.42 Å². The molecule has 0 aliphatic carbocycles. The Bertz CT molecular complexity index is 429. The molecular weight excluding hydrogens is 238 g/mol. The number of benzene rings is 1. The van der Waals surface area contributed by atoms with Crippen LogP contribution in [0.1, 0.15) is 50.8 Å². The summed E-state index contributed by atoms with van der Waals surface area (Å²) in [5, 5.41) is 3.64. The maximum Gasteiger partial charge on any atom is 0.165 e. The van der Waals surface area contributed by atoms with Crippen molar-refractivity contribution in [1.29, 1.82) is 0 Å². The highest BCUT2D eigenvalue weighted by molar-refractivity contribution is 5.51. The van der Waals surface area contributed by atoms with Gasteiger partial charge in [-0.1, -0.05) is 26.8 Å². The molecule has 1 unspecified atom stereocenters. The van der Waals surface area contributed by atoms with Crippen LogP contribution < -0.4 is 14.8 Å².